The quantitative estimate of drug-likeness (QED) is 0.165. The molecule has 0 spiro atoms. The second kappa shape index (κ2) is 14.6. The lowest BCUT2D eigenvalue weighted by molar-refractivity contribution is 0.739. The molecule has 2 aliphatic carbocycles. The van der Waals surface area contributed by atoms with Gasteiger partial charge in [-0.15, -0.1) is 0 Å². The topological polar surface area (TPSA) is 75.3 Å². The van der Waals surface area contributed by atoms with Gasteiger partial charge in [0.25, 0.3) is 0 Å². The number of benzene rings is 5. The highest BCUT2D eigenvalue weighted by Gasteiger charge is 2.21. The Morgan fingerprint density at radius 1 is 0.582 bits per heavy atom. The van der Waals surface area contributed by atoms with Gasteiger partial charge in [-0.05, 0) is 88.4 Å². The van der Waals surface area contributed by atoms with Crippen molar-refractivity contribution in [3.05, 3.63) is 174 Å². The summed E-state index contributed by atoms with van der Waals surface area (Å²) >= 11 is 0. The zero-order valence-electron chi connectivity index (χ0n) is 30.9. The number of aromatic nitrogens is 4. The highest BCUT2D eigenvalue weighted by atomic mass is 14.9. The van der Waals surface area contributed by atoms with Gasteiger partial charge in [-0.3, -0.25) is 0 Å². The third-order valence-corrected chi connectivity index (χ3v) is 10.7. The summed E-state index contributed by atoms with van der Waals surface area (Å²) in [5, 5.41) is 11.9. The standard InChI is InChI=1S/C50H39N5/c1-32-19-22-36(23-20-32)48-43-16-7-9-18-46(43)52-49(55-48)38-14-10-13-37(29-38)40-27-34(25-26-51)28-41(30-40)44-31-39(24-21-33(44)2)50-53-45-17-8-6-15-42(45)47(54-50)35-11-4-3-5-12-35/h3-19,22-24,27-33H,20-21,25H2,1-2H3. The fraction of sp³-hybridized carbons (Fsp3) is 0.140. The first-order valence-corrected chi connectivity index (χ1v) is 19.0. The normalized spacial score (nSPS) is 16.7. The van der Waals surface area contributed by atoms with Crippen LogP contribution in [-0.4, -0.2) is 19.9 Å². The van der Waals surface area contributed by atoms with Crippen molar-refractivity contribution < 1.29 is 0 Å². The summed E-state index contributed by atoms with van der Waals surface area (Å²) in [6.45, 7) is 4.50. The van der Waals surface area contributed by atoms with E-state index in [2.05, 4.69) is 135 Å². The SMILES string of the molecule is CC1C=CC(c2nc(-c3cccc(-c4cc(CC#N)cc(C5=CC(c6nc(-c7ccccc7)c7ccccc7n6)=CCC5C)c4)c3)nc3ccccc23)=CC1. The molecule has 2 unspecified atom stereocenters. The monoisotopic (exact) mass is 709 g/mol. The van der Waals surface area contributed by atoms with E-state index in [0.717, 1.165) is 90.6 Å². The van der Waals surface area contributed by atoms with Gasteiger partial charge in [-0.1, -0.05) is 135 Å². The maximum absolute atomic E-state index is 9.84. The molecule has 2 atom stereocenters. The maximum Gasteiger partial charge on any atom is 0.160 e. The Bertz CT molecular complexity index is 2780. The van der Waals surface area contributed by atoms with Crippen molar-refractivity contribution in [2.75, 3.05) is 0 Å². The molecule has 0 fully saturated rings. The first kappa shape index (κ1) is 34.0. The van der Waals surface area contributed by atoms with Crippen LogP contribution < -0.4 is 0 Å². The van der Waals surface area contributed by atoms with Crippen LogP contribution in [0.25, 0.3) is 72.3 Å². The number of para-hydroxylation sites is 2. The molecule has 5 nitrogen and oxygen atoms in total. The first-order chi connectivity index (χ1) is 27.0. The number of hydrogen-bond acceptors (Lipinski definition) is 5. The van der Waals surface area contributed by atoms with Gasteiger partial charge >= 0.3 is 0 Å². The van der Waals surface area contributed by atoms with Gasteiger partial charge in [-0.25, -0.2) is 19.9 Å². The molecule has 5 heteroatoms. The minimum absolute atomic E-state index is 0.268. The molecule has 2 heterocycles. The van der Waals surface area contributed by atoms with Gasteiger partial charge in [0.05, 0.1) is 34.9 Å². The summed E-state index contributed by atoms with van der Waals surface area (Å²) in [4.78, 5) is 20.5. The second-order valence-electron chi connectivity index (χ2n) is 14.7. The molecule has 0 radical (unpaired) electrons. The van der Waals surface area contributed by atoms with Crippen LogP contribution in [0.3, 0.4) is 0 Å². The average molecular weight is 710 g/mol. The summed E-state index contributed by atoms with van der Waals surface area (Å²) in [6.07, 6.45) is 13.4. The Hall–Kier alpha value is -6.77. The number of rotatable bonds is 7. The second-order valence-corrected chi connectivity index (χ2v) is 14.7. The van der Waals surface area contributed by atoms with E-state index in [1.54, 1.807) is 0 Å². The molecule has 0 amide bonds. The molecule has 2 aliphatic rings. The molecule has 9 rings (SSSR count). The maximum atomic E-state index is 9.84. The minimum Gasteiger partial charge on any atom is -0.228 e. The van der Waals surface area contributed by atoms with Crippen molar-refractivity contribution in [3.8, 4) is 39.8 Å². The molecule has 0 N–H and O–H groups in total. The van der Waals surface area contributed by atoms with Crippen LogP contribution in [0, 0.1) is 23.2 Å². The summed E-state index contributed by atoms with van der Waals surface area (Å²) in [5.41, 5.74) is 13.3. The van der Waals surface area contributed by atoms with Crippen molar-refractivity contribution in [2.45, 2.75) is 33.1 Å². The van der Waals surface area contributed by atoms with E-state index in [0.29, 0.717) is 24.0 Å². The van der Waals surface area contributed by atoms with Gasteiger partial charge in [0.1, 0.15) is 0 Å². The van der Waals surface area contributed by atoms with E-state index < -0.39 is 0 Å². The van der Waals surface area contributed by atoms with Gasteiger partial charge in [0.2, 0.25) is 0 Å². The van der Waals surface area contributed by atoms with Crippen LogP contribution >= 0.6 is 0 Å². The third kappa shape index (κ3) is 6.80. The largest absolute Gasteiger partial charge is 0.228 e. The molecule has 0 bridgehead atoms. The van der Waals surface area contributed by atoms with Crippen LogP contribution in [0.2, 0.25) is 0 Å². The summed E-state index contributed by atoms with van der Waals surface area (Å²) < 4.78 is 0. The highest BCUT2D eigenvalue weighted by Crippen LogP contribution is 2.39. The van der Waals surface area contributed by atoms with E-state index in [4.69, 9.17) is 19.9 Å². The van der Waals surface area contributed by atoms with E-state index in [1.165, 1.54) is 5.57 Å². The van der Waals surface area contributed by atoms with Gasteiger partial charge in [0.15, 0.2) is 11.6 Å². The molecular weight excluding hydrogens is 671 g/mol. The molecule has 5 aromatic carbocycles. The fourth-order valence-corrected chi connectivity index (χ4v) is 7.73. The molecule has 0 saturated heterocycles. The van der Waals surface area contributed by atoms with E-state index in [9.17, 15) is 5.26 Å². The van der Waals surface area contributed by atoms with Crippen molar-refractivity contribution in [1.82, 2.24) is 19.9 Å². The van der Waals surface area contributed by atoms with Crippen molar-refractivity contribution in [3.63, 3.8) is 0 Å². The number of hydrogen-bond donors (Lipinski definition) is 0. The fourth-order valence-electron chi connectivity index (χ4n) is 7.73. The predicted molar refractivity (Wildman–Crippen MR) is 225 cm³/mol. The zero-order valence-corrected chi connectivity index (χ0v) is 30.9. The molecule has 7 aromatic rings. The molecule has 0 saturated carbocycles. The van der Waals surface area contributed by atoms with E-state index in [1.807, 2.05) is 36.4 Å². The third-order valence-electron chi connectivity index (χ3n) is 10.7. The van der Waals surface area contributed by atoms with Crippen LogP contribution in [0.4, 0.5) is 0 Å². The van der Waals surface area contributed by atoms with Crippen LogP contribution in [0.15, 0.2) is 152 Å². The minimum atomic E-state index is 0.268. The summed E-state index contributed by atoms with van der Waals surface area (Å²) in [7, 11) is 0. The van der Waals surface area contributed by atoms with Crippen LogP contribution in [0.1, 0.15) is 49.3 Å². The lowest BCUT2D eigenvalue weighted by atomic mass is 9.83. The lowest BCUT2D eigenvalue weighted by Gasteiger charge is -2.22. The highest BCUT2D eigenvalue weighted by molar-refractivity contribution is 5.96. The number of nitriles is 1. The van der Waals surface area contributed by atoms with Crippen molar-refractivity contribution in [1.29, 1.82) is 5.26 Å². The van der Waals surface area contributed by atoms with Crippen LogP contribution in [0.5, 0.6) is 0 Å². The summed E-state index contributed by atoms with van der Waals surface area (Å²) in [5.74, 6) is 2.20. The number of nitrogens with zero attached hydrogens (tertiary/aromatic N) is 5. The van der Waals surface area contributed by atoms with Crippen molar-refractivity contribution >= 4 is 38.5 Å². The molecule has 2 aromatic heterocycles. The van der Waals surface area contributed by atoms with Gasteiger partial charge in [0, 0.05) is 27.5 Å². The Morgan fingerprint density at radius 3 is 1.98 bits per heavy atom. The van der Waals surface area contributed by atoms with E-state index in [-0.39, 0.29) is 5.92 Å². The van der Waals surface area contributed by atoms with Gasteiger partial charge < -0.3 is 0 Å². The van der Waals surface area contributed by atoms with Crippen LogP contribution in [-0.2, 0) is 6.42 Å². The Kier molecular flexibility index (Phi) is 9.01. The molecule has 55 heavy (non-hydrogen) atoms. The number of fused-ring (bicyclic) bond motifs is 2. The van der Waals surface area contributed by atoms with E-state index >= 15 is 0 Å². The smallest absolute Gasteiger partial charge is 0.160 e. The average Bonchev–Trinajstić information content (AvgIpc) is 3.23. The molecular formula is C50H39N5. The summed E-state index contributed by atoms with van der Waals surface area (Å²) in [6, 6.07) is 44.2. The Labute approximate surface area is 321 Å². The lowest BCUT2D eigenvalue weighted by Crippen LogP contribution is -2.06. The Balaban J connectivity index is 1.12. The molecule has 264 valence electrons. The number of allylic oxidation sites excluding steroid dienone is 8. The van der Waals surface area contributed by atoms with Crippen molar-refractivity contribution in [2.24, 2.45) is 11.8 Å². The molecule has 0 aliphatic heterocycles. The predicted octanol–water partition coefficient (Wildman–Crippen LogP) is 12.1. The van der Waals surface area contributed by atoms with Gasteiger partial charge in [-0.2, -0.15) is 5.26 Å². The first-order valence-electron chi connectivity index (χ1n) is 19.0. The zero-order chi connectivity index (χ0) is 37.3. The Morgan fingerprint density at radius 2 is 1.22 bits per heavy atom.